The third-order valence-corrected chi connectivity index (χ3v) is 7.70. The largest absolute Gasteiger partial charge is 0.360 e. The Kier molecular flexibility index (Phi) is 7.49. The average molecular weight is 528 g/mol. The Morgan fingerprint density at radius 1 is 1.06 bits per heavy atom. The van der Waals surface area contributed by atoms with Crippen molar-refractivity contribution in [3.05, 3.63) is 99.3 Å². The minimum atomic E-state index is -3.95. The fourth-order valence-electron chi connectivity index (χ4n) is 3.50. The van der Waals surface area contributed by atoms with E-state index in [-0.39, 0.29) is 15.8 Å². The zero-order valence-electron chi connectivity index (χ0n) is 18.7. The Bertz CT molecular complexity index is 1550. The molecule has 10 heteroatoms. The maximum Gasteiger partial charge on any atom is 0.261 e. The molecule has 180 valence electrons. The van der Waals surface area contributed by atoms with Crippen LogP contribution in [-0.2, 0) is 16.4 Å². The number of aromatic nitrogens is 1. The van der Waals surface area contributed by atoms with Gasteiger partial charge in [0.15, 0.2) is 0 Å². The van der Waals surface area contributed by atoms with Gasteiger partial charge in [0.25, 0.3) is 15.9 Å². The van der Waals surface area contributed by atoms with Crippen LogP contribution in [0.15, 0.2) is 87.5 Å². The minimum Gasteiger partial charge on any atom is -0.360 e. The number of H-pyrrole nitrogens is 1. The monoisotopic (exact) mass is 527 g/mol. The number of rotatable bonds is 8. The molecule has 4 rings (SSSR count). The topological polar surface area (TPSA) is 108 Å². The van der Waals surface area contributed by atoms with Crippen molar-refractivity contribution in [3.8, 4) is 0 Å². The summed E-state index contributed by atoms with van der Waals surface area (Å²) in [6.45, 7) is 0.325. The van der Waals surface area contributed by atoms with Gasteiger partial charge in [-0.05, 0) is 66.8 Å². The molecule has 0 aliphatic rings. The molecule has 0 aliphatic carbocycles. The van der Waals surface area contributed by atoms with Crippen LogP contribution in [0.1, 0.15) is 15.9 Å². The molecule has 0 fully saturated rings. The molecule has 3 aromatic carbocycles. The third-order valence-electron chi connectivity index (χ3n) is 5.34. The van der Waals surface area contributed by atoms with Gasteiger partial charge < -0.3 is 10.3 Å². The summed E-state index contributed by atoms with van der Waals surface area (Å²) in [6, 6.07) is 18.5. The van der Waals surface area contributed by atoms with E-state index in [1.54, 1.807) is 30.3 Å². The molecule has 0 bridgehead atoms. The number of hydrogen-bond acceptors (Lipinski definition) is 5. The van der Waals surface area contributed by atoms with E-state index in [9.17, 15) is 18.0 Å². The van der Waals surface area contributed by atoms with Crippen LogP contribution in [0.25, 0.3) is 10.9 Å². The highest BCUT2D eigenvalue weighted by atomic mass is 35.5. The molecule has 0 saturated heterocycles. The summed E-state index contributed by atoms with van der Waals surface area (Å²) in [6.07, 6.45) is 3.80. The van der Waals surface area contributed by atoms with Crippen LogP contribution in [0, 0.1) is 0 Å². The number of carbonyl (C=O) groups is 1. The fraction of sp³-hybridized carbons (Fsp3) is 0.120. The summed E-state index contributed by atoms with van der Waals surface area (Å²) in [7, 11) is -3.95. The van der Waals surface area contributed by atoms with Gasteiger partial charge >= 0.3 is 0 Å². The number of sulfonamides is 1. The molecule has 0 radical (unpaired) electrons. The van der Waals surface area contributed by atoms with Crippen molar-refractivity contribution in [2.45, 2.75) is 16.2 Å². The van der Waals surface area contributed by atoms with Gasteiger partial charge in [0.05, 0.1) is 4.90 Å². The normalized spacial score (nSPS) is 11.4. The Morgan fingerprint density at radius 3 is 2.57 bits per heavy atom. The number of hydrogen-bond donors (Lipinski definition) is 3. The van der Waals surface area contributed by atoms with E-state index in [1.165, 1.54) is 36.2 Å². The lowest BCUT2D eigenvalue weighted by molar-refractivity contribution is 0.0953. The molecular weight excluding hydrogens is 506 g/mol. The maximum atomic E-state index is 13.0. The Labute approximate surface area is 212 Å². The first kappa shape index (κ1) is 24.8. The average Bonchev–Trinajstić information content (AvgIpc) is 2.85. The van der Waals surface area contributed by atoms with E-state index in [1.807, 2.05) is 24.5 Å². The number of benzene rings is 3. The molecule has 7 nitrogen and oxygen atoms in total. The third kappa shape index (κ3) is 5.87. The number of halogens is 1. The summed E-state index contributed by atoms with van der Waals surface area (Å²) in [5.41, 5.74) is 1.19. The fourth-order valence-corrected chi connectivity index (χ4v) is 5.16. The summed E-state index contributed by atoms with van der Waals surface area (Å²) in [5.74, 6) is -0.539. The zero-order chi connectivity index (χ0) is 25.0. The standard InChI is InChI=1S/C25H22ClN3O4S2/c1-34-19-4-2-3-18(13-19)29-35(32,33)20-9-10-23-21(14-20)24(30)22(15-28-23)25(31)27-12-11-16-5-7-17(26)8-6-16/h2-10,13-15,29H,11-12H2,1H3,(H,27,31)(H,28,30). The zero-order valence-corrected chi connectivity index (χ0v) is 21.1. The highest BCUT2D eigenvalue weighted by Gasteiger charge is 2.18. The van der Waals surface area contributed by atoms with E-state index in [4.69, 9.17) is 11.6 Å². The molecule has 35 heavy (non-hydrogen) atoms. The molecule has 0 aliphatic heterocycles. The lowest BCUT2D eigenvalue weighted by Gasteiger charge is -2.10. The molecule has 0 unspecified atom stereocenters. The SMILES string of the molecule is CSc1cccc(NS(=O)(=O)c2ccc3[nH]cc(C(=O)NCCc4ccc(Cl)cc4)c(=O)c3c2)c1. The predicted octanol–water partition coefficient (Wildman–Crippen LogP) is 4.68. The van der Waals surface area contributed by atoms with Gasteiger partial charge in [-0.25, -0.2) is 8.42 Å². The number of amides is 1. The summed E-state index contributed by atoms with van der Waals surface area (Å²) in [4.78, 5) is 29.4. The number of fused-ring (bicyclic) bond motifs is 1. The Hall–Kier alpha value is -3.27. The number of carbonyl (C=O) groups excluding carboxylic acids is 1. The van der Waals surface area contributed by atoms with Gasteiger partial charge in [0.2, 0.25) is 5.43 Å². The van der Waals surface area contributed by atoms with Gasteiger partial charge in [-0.3, -0.25) is 14.3 Å². The summed E-state index contributed by atoms with van der Waals surface area (Å²) >= 11 is 7.38. The van der Waals surface area contributed by atoms with Crippen LogP contribution in [0.3, 0.4) is 0 Å². The number of nitrogens with one attached hydrogen (secondary N) is 3. The van der Waals surface area contributed by atoms with Crippen LogP contribution in [0.2, 0.25) is 5.02 Å². The number of pyridine rings is 1. The Morgan fingerprint density at radius 2 is 1.83 bits per heavy atom. The van der Waals surface area contributed by atoms with Crippen molar-refractivity contribution in [2.75, 3.05) is 17.5 Å². The second-order valence-corrected chi connectivity index (χ2v) is 10.7. The molecule has 3 N–H and O–H groups in total. The van der Waals surface area contributed by atoms with Crippen LogP contribution in [0.5, 0.6) is 0 Å². The highest BCUT2D eigenvalue weighted by molar-refractivity contribution is 7.98. The maximum absolute atomic E-state index is 13.0. The van der Waals surface area contributed by atoms with Crippen molar-refractivity contribution in [2.24, 2.45) is 0 Å². The minimum absolute atomic E-state index is 0.0784. The van der Waals surface area contributed by atoms with Crippen LogP contribution in [0.4, 0.5) is 5.69 Å². The van der Waals surface area contributed by atoms with E-state index >= 15 is 0 Å². The molecule has 1 heterocycles. The van der Waals surface area contributed by atoms with Crippen LogP contribution >= 0.6 is 23.4 Å². The number of aromatic amines is 1. The quantitative estimate of drug-likeness (QED) is 0.288. The molecule has 0 saturated carbocycles. The van der Waals surface area contributed by atoms with Gasteiger partial charge in [-0.2, -0.15) is 0 Å². The van der Waals surface area contributed by atoms with Crippen molar-refractivity contribution in [3.63, 3.8) is 0 Å². The van der Waals surface area contributed by atoms with Gasteiger partial charge in [-0.1, -0.05) is 29.8 Å². The molecule has 0 atom stereocenters. The van der Waals surface area contributed by atoms with Gasteiger partial charge in [-0.15, -0.1) is 11.8 Å². The lowest BCUT2D eigenvalue weighted by Crippen LogP contribution is -2.30. The number of anilines is 1. The second kappa shape index (κ2) is 10.6. The first-order valence-corrected chi connectivity index (χ1v) is 13.7. The van der Waals surface area contributed by atoms with Gasteiger partial charge in [0, 0.05) is 39.3 Å². The summed E-state index contributed by atoms with van der Waals surface area (Å²) in [5, 5.41) is 3.47. The van der Waals surface area contributed by atoms with E-state index in [0.29, 0.717) is 29.2 Å². The first-order valence-electron chi connectivity index (χ1n) is 10.6. The van der Waals surface area contributed by atoms with Crippen molar-refractivity contribution in [1.29, 1.82) is 0 Å². The molecule has 1 aromatic heterocycles. The van der Waals surface area contributed by atoms with Crippen LogP contribution in [-0.4, -0.2) is 32.1 Å². The molecule has 1 amide bonds. The smallest absolute Gasteiger partial charge is 0.261 e. The van der Waals surface area contributed by atoms with Crippen molar-refractivity contribution in [1.82, 2.24) is 10.3 Å². The van der Waals surface area contributed by atoms with E-state index in [0.717, 1.165) is 10.5 Å². The van der Waals surface area contributed by atoms with Gasteiger partial charge in [0.1, 0.15) is 5.56 Å². The number of thioether (sulfide) groups is 1. The van der Waals surface area contributed by atoms with Crippen molar-refractivity contribution < 1.29 is 13.2 Å². The second-order valence-electron chi connectivity index (χ2n) is 7.71. The lowest BCUT2D eigenvalue weighted by atomic mass is 10.1. The molecule has 0 spiro atoms. The first-order chi connectivity index (χ1) is 16.8. The van der Waals surface area contributed by atoms with Crippen molar-refractivity contribution >= 4 is 55.9 Å². The molecular formula is C25H22ClN3O4S2. The highest BCUT2D eigenvalue weighted by Crippen LogP contribution is 2.23. The predicted molar refractivity (Wildman–Crippen MR) is 141 cm³/mol. The van der Waals surface area contributed by atoms with E-state index < -0.39 is 21.4 Å². The summed E-state index contributed by atoms with van der Waals surface area (Å²) < 4.78 is 28.4. The Balaban J connectivity index is 1.55. The van der Waals surface area contributed by atoms with E-state index in [2.05, 4.69) is 15.0 Å². The van der Waals surface area contributed by atoms with Crippen LogP contribution < -0.4 is 15.5 Å². The molecule has 4 aromatic rings.